The molecule has 0 bridgehead atoms. The molecule has 1 atom stereocenters. The molecule has 2 aromatic carbocycles. The van der Waals surface area contributed by atoms with Gasteiger partial charge in [-0.1, -0.05) is 29.5 Å². The van der Waals surface area contributed by atoms with Gasteiger partial charge >= 0.3 is 5.97 Å². The molecule has 1 unspecified atom stereocenters. The van der Waals surface area contributed by atoms with Gasteiger partial charge in [-0.05, 0) is 49.2 Å². The van der Waals surface area contributed by atoms with Crippen molar-refractivity contribution in [3.63, 3.8) is 0 Å². The largest absolute Gasteiger partial charge is 0.482 e. The highest BCUT2D eigenvalue weighted by Gasteiger charge is 2.07. The maximum absolute atomic E-state index is 10.5. The van der Waals surface area contributed by atoms with Gasteiger partial charge in [0.05, 0.1) is 16.3 Å². The molecule has 1 heterocycles. The predicted octanol–water partition coefficient (Wildman–Crippen LogP) is 4.91. The summed E-state index contributed by atoms with van der Waals surface area (Å²) in [6.07, 6.45) is 0. The number of hydrogen-bond donors (Lipinski definition) is 1. The normalized spacial score (nSPS) is 12.6. The van der Waals surface area contributed by atoms with Crippen LogP contribution < -0.4 is 4.74 Å². The molecule has 25 heavy (non-hydrogen) atoms. The summed E-state index contributed by atoms with van der Waals surface area (Å²) in [5.74, 6) is -0.492. The average Bonchev–Trinajstić information content (AvgIpc) is 3.00. The van der Waals surface area contributed by atoms with Crippen molar-refractivity contribution in [3.8, 4) is 5.75 Å². The van der Waals surface area contributed by atoms with E-state index in [-0.39, 0.29) is 12.6 Å². The van der Waals surface area contributed by atoms with E-state index in [9.17, 15) is 4.79 Å². The molecule has 0 aliphatic rings. The number of ether oxygens (including phenoxy) is 1. The van der Waals surface area contributed by atoms with Gasteiger partial charge in [0.15, 0.2) is 6.61 Å². The fourth-order valence-electron chi connectivity index (χ4n) is 2.25. The molecule has 0 saturated carbocycles. The first kappa shape index (κ1) is 17.0. The minimum absolute atomic E-state index is 0.137. The molecule has 7 heteroatoms. The monoisotopic (exact) mass is 355 g/mol. The minimum Gasteiger partial charge on any atom is -0.482 e. The lowest BCUT2D eigenvalue weighted by molar-refractivity contribution is -0.139. The Balaban J connectivity index is 1.68. The summed E-state index contributed by atoms with van der Waals surface area (Å²) in [6, 6.07) is 13.1. The van der Waals surface area contributed by atoms with Crippen LogP contribution in [0.25, 0.3) is 10.2 Å². The molecule has 6 nitrogen and oxygen atoms in total. The molecule has 0 spiro atoms. The van der Waals surface area contributed by atoms with Crippen LogP contribution in [0.4, 0.5) is 5.13 Å². The Morgan fingerprint density at radius 3 is 2.76 bits per heavy atom. The minimum atomic E-state index is -1.00. The number of hydrogen-bond acceptors (Lipinski definition) is 6. The zero-order valence-electron chi connectivity index (χ0n) is 13.8. The Hall–Kier alpha value is -2.80. The molecule has 0 amide bonds. The number of aliphatic carboxylic acids is 1. The number of aromatic nitrogens is 1. The second-order valence-electron chi connectivity index (χ2n) is 5.61. The summed E-state index contributed by atoms with van der Waals surface area (Å²) >= 11 is 1.51. The highest BCUT2D eigenvalue weighted by atomic mass is 32.1. The number of carboxylic acids is 1. The van der Waals surface area contributed by atoms with Crippen molar-refractivity contribution >= 4 is 32.7 Å². The lowest BCUT2D eigenvalue weighted by Crippen LogP contribution is -2.09. The molecule has 3 rings (SSSR count). The number of rotatable bonds is 6. The van der Waals surface area contributed by atoms with Gasteiger partial charge < -0.3 is 9.84 Å². The van der Waals surface area contributed by atoms with Gasteiger partial charge in [-0.25, -0.2) is 9.78 Å². The lowest BCUT2D eigenvalue weighted by atomic mass is 10.1. The van der Waals surface area contributed by atoms with Gasteiger partial charge in [0.25, 0.3) is 0 Å². The van der Waals surface area contributed by atoms with Gasteiger partial charge in [0.2, 0.25) is 5.13 Å². The van der Waals surface area contributed by atoms with Gasteiger partial charge in [-0.3, -0.25) is 0 Å². The number of nitrogens with zero attached hydrogens (tertiary/aromatic N) is 3. The van der Waals surface area contributed by atoms with Crippen molar-refractivity contribution in [3.05, 3.63) is 53.6 Å². The number of aryl methyl sites for hydroxylation is 1. The second kappa shape index (κ2) is 7.40. The molecule has 0 fully saturated rings. The third-order valence-corrected chi connectivity index (χ3v) is 4.48. The summed E-state index contributed by atoms with van der Waals surface area (Å²) < 4.78 is 6.21. The molecule has 0 aliphatic heterocycles. The van der Waals surface area contributed by atoms with Crippen molar-refractivity contribution in [2.75, 3.05) is 6.61 Å². The average molecular weight is 355 g/mol. The van der Waals surface area contributed by atoms with Crippen LogP contribution in [0, 0.1) is 6.92 Å². The zero-order valence-corrected chi connectivity index (χ0v) is 14.7. The number of azo groups is 1. The van der Waals surface area contributed by atoms with Gasteiger partial charge in [0, 0.05) is 0 Å². The van der Waals surface area contributed by atoms with Crippen LogP contribution >= 0.6 is 11.3 Å². The summed E-state index contributed by atoms with van der Waals surface area (Å²) in [7, 11) is 0. The maximum atomic E-state index is 10.5. The third kappa shape index (κ3) is 4.39. The van der Waals surface area contributed by atoms with E-state index in [1.165, 1.54) is 16.9 Å². The Labute approximate surface area is 148 Å². The number of benzene rings is 2. The van der Waals surface area contributed by atoms with Crippen molar-refractivity contribution < 1.29 is 14.6 Å². The van der Waals surface area contributed by atoms with Gasteiger partial charge in [0.1, 0.15) is 5.75 Å². The van der Waals surface area contributed by atoms with E-state index in [0.717, 1.165) is 15.8 Å². The van der Waals surface area contributed by atoms with Gasteiger partial charge in [-0.15, -0.1) is 5.11 Å². The molecule has 1 N–H and O–H groups in total. The van der Waals surface area contributed by atoms with E-state index in [1.807, 2.05) is 38.1 Å². The topological polar surface area (TPSA) is 84.1 Å². The molecule has 128 valence electrons. The standard InChI is InChI=1S/C18H17N3O3S/c1-11-3-8-15-16(9-11)25-18(19-15)21-20-12(2)13-4-6-14(7-5-13)24-10-17(22)23/h3-9,12H,10H2,1-2H3,(H,22,23). The van der Waals surface area contributed by atoms with Crippen LogP contribution in [0.1, 0.15) is 24.1 Å². The Morgan fingerprint density at radius 1 is 1.28 bits per heavy atom. The van der Waals surface area contributed by atoms with Crippen molar-refractivity contribution in [1.29, 1.82) is 0 Å². The predicted molar refractivity (Wildman–Crippen MR) is 96.9 cm³/mol. The summed E-state index contributed by atoms with van der Waals surface area (Å²) in [6.45, 7) is 3.63. The zero-order chi connectivity index (χ0) is 17.8. The van der Waals surface area contributed by atoms with Crippen LogP contribution in [-0.4, -0.2) is 22.7 Å². The van der Waals surface area contributed by atoms with E-state index in [4.69, 9.17) is 9.84 Å². The number of thiazole rings is 1. The van der Waals surface area contributed by atoms with Gasteiger partial charge in [-0.2, -0.15) is 5.11 Å². The number of carboxylic acid groups (broad SMARTS) is 1. The summed E-state index contributed by atoms with van der Waals surface area (Å²) in [4.78, 5) is 15.0. The first-order valence-corrected chi connectivity index (χ1v) is 8.55. The highest BCUT2D eigenvalue weighted by molar-refractivity contribution is 7.21. The third-order valence-electron chi connectivity index (χ3n) is 3.57. The van der Waals surface area contributed by atoms with Crippen molar-refractivity contribution in [1.82, 2.24) is 4.98 Å². The SMILES string of the molecule is Cc1ccc2nc(N=NC(C)c3ccc(OCC(=O)O)cc3)sc2c1. The molecule has 0 radical (unpaired) electrons. The van der Waals surface area contributed by atoms with Crippen LogP contribution in [0.5, 0.6) is 5.75 Å². The van der Waals surface area contributed by atoms with E-state index < -0.39 is 5.97 Å². The fourth-order valence-corrected chi connectivity index (χ4v) is 3.14. The molecular formula is C18H17N3O3S. The molecular weight excluding hydrogens is 338 g/mol. The highest BCUT2D eigenvalue weighted by Crippen LogP contribution is 2.30. The Kier molecular flexibility index (Phi) is 5.04. The molecule has 3 aromatic rings. The van der Waals surface area contributed by atoms with Crippen LogP contribution in [-0.2, 0) is 4.79 Å². The first-order valence-electron chi connectivity index (χ1n) is 7.74. The smallest absolute Gasteiger partial charge is 0.341 e. The first-order chi connectivity index (χ1) is 12.0. The summed E-state index contributed by atoms with van der Waals surface area (Å²) in [5, 5.41) is 17.8. The Morgan fingerprint density at radius 2 is 2.04 bits per heavy atom. The number of fused-ring (bicyclic) bond motifs is 1. The summed E-state index contributed by atoms with van der Waals surface area (Å²) in [5.41, 5.74) is 3.08. The quantitative estimate of drug-likeness (QED) is 0.637. The van der Waals surface area contributed by atoms with Crippen LogP contribution in [0.3, 0.4) is 0 Å². The maximum Gasteiger partial charge on any atom is 0.341 e. The van der Waals surface area contributed by atoms with Crippen LogP contribution in [0.15, 0.2) is 52.7 Å². The lowest BCUT2D eigenvalue weighted by Gasteiger charge is -2.07. The fraction of sp³-hybridized carbons (Fsp3) is 0.222. The van der Waals surface area contributed by atoms with E-state index in [0.29, 0.717) is 10.9 Å². The Bertz CT molecular complexity index is 919. The second-order valence-corrected chi connectivity index (χ2v) is 6.62. The molecule has 1 aromatic heterocycles. The van der Waals surface area contributed by atoms with E-state index >= 15 is 0 Å². The van der Waals surface area contributed by atoms with Crippen molar-refractivity contribution in [2.24, 2.45) is 10.2 Å². The molecule has 0 saturated heterocycles. The van der Waals surface area contributed by atoms with Crippen molar-refractivity contribution in [2.45, 2.75) is 19.9 Å². The number of carbonyl (C=O) groups is 1. The van der Waals surface area contributed by atoms with E-state index in [1.54, 1.807) is 12.1 Å². The molecule has 0 aliphatic carbocycles. The van der Waals surface area contributed by atoms with E-state index in [2.05, 4.69) is 21.3 Å². The van der Waals surface area contributed by atoms with Crippen LogP contribution in [0.2, 0.25) is 0 Å².